The number of sulfone groups is 1. The highest BCUT2D eigenvalue weighted by atomic mass is 32.2. The third-order valence-electron chi connectivity index (χ3n) is 6.89. The molecule has 2 atom stereocenters. The summed E-state index contributed by atoms with van der Waals surface area (Å²) in [6.45, 7) is 4.10. The quantitative estimate of drug-likeness (QED) is 0.383. The minimum atomic E-state index is -4.02. The Kier molecular flexibility index (Phi) is 9.97. The summed E-state index contributed by atoms with van der Waals surface area (Å²) < 4.78 is 38.6. The zero-order chi connectivity index (χ0) is 27.0. The molecule has 3 rings (SSSR count). The lowest BCUT2D eigenvalue weighted by Gasteiger charge is -2.25. The number of nitrogens with zero attached hydrogens (tertiary/aromatic N) is 1. The summed E-state index contributed by atoms with van der Waals surface area (Å²) in [7, 11) is -2.53. The van der Waals surface area contributed by atoms with E-state index in [1.165, 1.54) is 19.2 Å². The Morgan fingerprint density at radius 1 is 1.05 bits per heavy atom. The van der Waals surface area contributed by atoms with Gasteiger partial charge in [-0.05, 0) is 69.7 Å². The van der Waals surface area contributed by atoms with Crippen LogP contribution in [0.15, 0.2) is 53.4 Å². The number of aliphatic carboxylic acids is 1. The van der Waals surface area contributed by atoms with Gasteiger partial charge >= 0.3 is 5.97 Å². The number of rotatable bonds is 13. The molecule has 0 bridgehead atoms. The van der Waals surface area contributed by atoms with E-state index in [0.29, 0.717) is 18.0 Å². The summed E-state index contributed by atoms with van der Waals surface area (Å²) in [6.07, 6.45) is 3.63. The van der Waals surface area contributed by atoms with E-state index < -0.39 is 33.4 Å². The largest absolute Gasteiger partial charge is 0.493 e. The van der Waals surface area contributed by atoms with Gasteiger partial charge in [0.2, 0.25) is 5.91 Å². The fourth-order valence-electron chi connectivity index (χ4n) is 4.76. The Bertz CT molecular complexity index is 1160. The average molecular weight is 532 g/mol. The van der Waals surface area contributed by atoms with Gasteiger partial charge < -0.3 is 19.5 Å². The summed E-state index contributed by atoms with van der Waals surface area (Å²) in [5, 5.41) is 8.30. The third kappa shape index (κ3) is 7.25. The summed E-state index contributed by atoms with van der Waals surface area (Å²) in [4.78, 5) is 26.4. The topological polar surface area (TPSA) is 110 Å². The summed E-state index contributed by atoms with van der Waals surface area (Å²) >= 11 is 0. The van der Waals surface area contributed by atoms with Gasteiger partial charge in [0.25, 0.3) is 0 Å². The van der Waals surface area contributed by atoms with Crippen LogP contribution >= 0.6 is 0 Å². The highest BCUT2D eigenvalue weighted by Crippen LogP contribution is 2.35. The van der Waals surface area contributed by atoms with Crippen molar-refractivity contribution in [3.63, 3.8) is 0 Å². The van der Waals surface area contributed by atoms with Crippen LogP contribution in [0.1, 0.15) is 58.8 Å². The molecule has 1 N–H and O–H groups in total. The van der Waals surface area contributed by atoms with Gasteiger partial charge in [-0.2, -0.15) is 0 Å². The van der Waals surface area contributed by atoms with E-state index >= 15 is 0 Å². The molecular formula is C28H37NO7S. The maximum absolute atomic E-state index is 13.6. The molecular weight excluding hydrogens is 494 g/mol. The predicted octanol–water partition coefficient (Wildman–Crippen LogP) is 5.10. The summed E-state index contributed by atoms with van der Waals surface area (Å²) in [5.74, 6) is -1.04. The maximum Gasteiger partial charge on any atom is 0.304 e. The lowest BCUT2D eigenvalue weighted by Crippen LogP contribution is -2.36. The SMILES string of the molecule is CCN(C(=O)C(C)CCC(CC(=O)O)S(=O)(=O)c1ccc(OC)c(OC2CCCC2)c1)c1ccccc1. The molecule has 1 amide bonds. The lowest BCUT2D eigenvalue weighted by atomic mass is 10.0. The standard InChI is InChI=1S/C28H37NO7S/c1-4-29(21-10-6-5-7-11-21)28(32)20(2)14-15-24(19-27(30)31)37(33,34)23-16-17-25(35-3)26(18-23)36-22-12-8-9-13-22/h5-7,10-11,16-18,20,22,24H,4,8-9,12-15,19H2,1-3H3,(H,30,31). The Labute approximate surface area is 219 Å². The molecule has 1 aliphatic rings. The molecule has 1 aliphatic carbocycles. The van der Waals surface area contributed by atoms with Crippen LogP contribution in [0.4, 0.5) is 5.69 Å². The molecule has 37 heavy (non-hydrogen) atoms. The van der Waals surface area contributed by atoms with Gasteiger partial charge in [-0.3, -0.25) is 9.59 Å². The van der Waals surface area contributed by atoms with Crippen molar-refractivity contribution in [2.75, 3.05) is 18.6 Å². The number of ether oxygens (including phenoxy) is 2. The van der Waals surface area contributed by atoms with E-state index in [-0.39, 0.29) is 29.7 Å². The Morgan fingerprint density at radius 2 is 1.73 bits per heavy atom. The second-order valence-electron chi connectivity index (χ2n) is 9.50. The van der Waals surface area contributed by atoms with Crippen LogP contribution in [0.2, 0.25) is 0 Å². The molecule has 0 saturated heterocycles. The second-order valence-corrected chi connectivity index (χ2v) is 11.7. The van der Waals surface area contributed by atoms with E-state index in [1.807, 2.05) is 37.3 Å². The normalized spacial score (nSPS) is 15.6. The zero-order valence-corrected chi connectivity index (χ0v) is 22.6. The second kappa shape index (κ2) is 12.9. The molecule has 0 aromatic heterocycles. The van der Waals surface area contributed by atoms with Crippen LogP contribution in [-0.2, 0) is 19.4 Å². The molecule has 1 saturated carbocycles. The molecule has 0 spiro atoms. The van der Waals surface area contributed by atoms with E-state index in [1.54, 1.807) is 17.9 Å². The number of para-hydroxylation sites is 1. The molecule has 8 nitrogen and oxygen atoms in total. The van der Waals surface area contributed by atoms with Gasteiger partial charge in [-0.25, -0.2) is 8.42 Å². The monoisotopic (exact) mass is 531 g/mol. The van der Waals surface area contributed by atoms with Gasteiger partial charge in [-0.1, -0.05) is 25.1 Å². The number of hydrogen-bond donors (Lipinski definition) is 1. The van der Waals surface area contributed by atoms with Gasteiger partial charge in [0.1, 0.15) is 0 Å². The number of amides is 1. The van der Waals surface area contributed by atoms with Crippen LogP contribution in [0.25, 0.3) is 0 Å². The number of hydrogen-bond acceptors (Lipinski definition) is 6. The van der Waals surface area contributed by atoms with Crippen LogP contribution in [0.5, 0.6) is 11.5 Å². The maximum atomic E-state index is 13.6. The fourth-order valence-corrected chi connectivity index (χ4v) is 6.49. The van der Waals surface area contributed by atoms with Gasteiger partial charge in [0, 0.05) is 24.2 Å². The van der Waals surface area contributed by atoms with Crippen LogP contribution in [0, 0.1) is 5.92 Å². The van der Waals surface area contributed by atoms with Crippen molar-refractivity contribution in [2.24, 2.45) is 5.92 Å². The van der Waals surface area contributed by atoms with Crippen molar-refractivity contribution in [1.29, 1.82) is 0 Å². The van der Waals surface area contributed by atoms with E-state index in [4.69, 9.17) is 9.47 Å². The fraction of sp³-hybridized carbons (Fsp3) is 0.500. The summed E-state index contributed by atoms with van der Waals surface area (Å²) in [6, 6.07) is 13.7. The molecule has 0 aliphatic heterocycles. The molecule has 0 radical (unpaired) electrons. The zero-order valence-electron chi connectivity index (χ0n) is 21.8. The van der Waals surface area contributed by atoms with Crippen molar-refractivity contribution < 1.29 is 32.6 Å². The first-order chi connectivity index (χ1) is 17.7. The predicted molar refractivity (Wildman–Crippen MR) is 142 cm³/mol. The highest BCUT2D eigenvalue weighted by molar-refractivity contribution is 7.92. The Morgan fingerprint density at radius 3 is 2.32 bits per heavy atom. The Balaban J connectivity index is 1.79. The number of benzene rings is 2. The van der Waals surface area contributed by atoms with E-state index in [0.717, 1.165) is 31.4 Å². The third-order valence-corrected chi connectivity index (χ3v) is 9.08. The number of carboxylic acid groups (broad SMARTS) is 1. The van der Waals surface area contributed by atoms with Crippen LogP contribution in [0.3, 0.4) is 0 Å². The Hall–Kier alpha value is -3.07. The van der Waals surface area contributed by atoms with Gasteiger partial charge in [-0.15, -0.1) is 0 Å². The van der Waals surface area contributed by atoms with E-state index in [9.17, 15) is 23.1 Å². The number of carbonyl (C=O) groups is 2. The van der Waals surface area contributed by atoms with Crippen molar-refractivity contribution in [3.05, 3.63) is 48.5 Å². The molecule has 9 heteroatoms. The van der Waals surface area contributed by atoms with Crippen LogP contribution < -0.4 is 14.4 Å². The first kappa shape index (κ1) is 28.5. The highest BCUT2D eigenvalue weighted by Gasteiger charge is 2.32. The first-order valence-corrected chi connectivity index (χ1v) is 14.4. The van der Waals surface area contributed by atoms with Crippen molar-refractivity contribution >= 4 is 27.4 Å². The number of carbonyl (C=O) groups excluding carboxylic acids is 1. The molecule has 2 aromatic carbocycles. The molecule has 0 heterocycles. The molecule has 2 aromatic rings. The van der Waals surface area contributed by atoms with Gasteiger partial charge in [0.15, 0.2) is 21.3 Å². The number of carboxylic acids is 1. The molecule has 202 valence electrons. The van der Waals surface area contributed by atoms with Crippen molar-refractivity contribution in [1.82, 2.24) is 0 Å². The van der Waals surface area contributed by atoms with Crippen molar-refractivity contribution in [3.8, 4) is 11.5 Å². The minimum absolute atomic E-state index is 0.000316. The number of methoxy groups -OCH3 is 1. The minimum Gasteiger partial charge on any atom is -0.493 e. The molecule has 1 fully saturated rings. The lowest BCUT2D eigenvalue weighted by molar-refractivity contribution is -0.137. The first-order valence-electron chi connectivity index (χ1n) is 12.8. The molecule has 2 unspecified atom stereocenters. The number of anilines is 1. The van der Waals surface area contributed by atoms with Gasteiger partial charge in [0.05, 0.1) is 29.8 Å². The van der Waals surface area contributed by atoms with E-state index in [2.05, 4.69) is 0 Å². The van der Waals surface area contributed by atoms with Crippen LogP contribution in [-0.4, -0.2) is 50.4 Å². The smallest absolute Gasteiger partial charge is 0.304 e. The van der Waals surface area contributed by atoms with Crippen molar-refractivity contribution in [2.45, 2.75) is 75.0 Å². The summed E-state index contributed by atoms with van der Waals surface area (Å²) in [5.41, 5.74) is 0.768. The average Bonchev–Trinajstić information content (AvgIpc) is 3.40.